The predicted octanol–water partition coefficient (Wildman–Crippen LogP) is 1.60. The molecule has 1 aromatic rings. The van der Waals surface area contributed by atoms with Crippen molar-refractivity contribution in [3.8, 4) is 0 Å². The molecule has 3 fully saturated rings. The lowest BCUT2D eigenvalue weighted by Crippen LogP contribution is -2.54. The molecule has 4 aliphatic rings. The number of nitrogens with zero attached hydrogens (tertiary/aromatic N) is 1. The van der Waals surface area contributed by atoms with Crippen LogP contribution in [0.4, 0.5) is 0 Å². The second-order valence-corrected chi connectivity index (χ2v) is 9.26. The van der Waals surface area contributed by atoms with Gasteiger partial charge in [0.05, 0.1) is 0 Å². The van der Waals surface area contributed by atoms with Crippen LogP contribution >= 0.6 is 0 Å². The summed E-state index contributed by atoms with van der Waals surface area (Å²) in [6, 6.07) is 5.95. The van der Waals surface area contributed by atoms with Crippen molar-refractivity contribution >= 4 is 17.7 Å². The highest BCUT2D eigenvalue weighted by atomic mass is 16.2. The van der Waals surface area contributed by atoms with Gasteiger partial charge in [-0.1, -0.05) is 31.4 Å². The summed E-state index contributed by atoms with van der Waals surface area (Å²) >= 11 is 0. The molecular weight excluding hydrogens is 380 g/mol. The summed E-state index contributed by atoms with van der Waals surface area (Å²) in [4.78, 5) is 38.1. The Labute approximate surface area is 177 Å². The molecule has 3 N–H and O–H groups in total. The number of carbonyl (C=O) groups is 3. The fourth-order valence-corrected chi connectivity index (χ4v) is 5.85. The molecular formula is C23H30N4O3. The number of fused-ring (bicyclic) bond motifs is 1. The van der Waals surface area contributed by atoms with Crippen molar-refractivity contribution in [2.45, 2.75) is 82.1 Å². The van der Waals surface area contributed by atoms with Crippen LogP contribution in [0.3, 0.4) is 0 Å². The van der Waals surface area contributed by atoms with E-state index in [2.05, 4.69) is 22.0 Å². The monoisotopic (exact) mass is 410 g/mol. The van der Waals surface area contributed by atoms with E-state index in [0.29, 0.717) is 24.6 Å². The lowest BCUT2D eigenvalue weighted by molar-refractivity contribution is -0.136. The Bertz CT molecular complexity index is 877. The van der Waals surface area contributed by atoms with Crippen LogP contribution in [-0.2, 0) is 22.7 Å². The van der Waals surface area contributed by atoms with E-state index < -0.39 is 6.04 Å². The zero-order chi connectivity index (χ0) is 20.7. The molecule has 1 aromatic carbocycles. The number of rotatable bonds is 4. The zero-order valence-corrected chi connectivity index (χ0v) is 17.3. The SMILES string of the molecule is O=C1CCC(N2Cc3cc(CNC4CCNC45CCCCC5)ccc3C2=O)C(=O)N1. The number of hydrogen-bond acceptors (Lipinski definition) is 5. The van der Waals surface area contributed by atoms with E-state index in [-0.39, 0.29) is 29.7 Å². The summed E-state index contributed by atoms with van der Waals surface area (Å²) in [5.41, 5.74) is 3.08. The normalized spacial score (nSPS) is 28.1. The summed E-state index contributed by atoms with van der Waals surface area (Å²) in [6.45, 7) is 2.30. The number of imide groups is 1. The second kappa shape index (κ2) is 7.78. The van der Waals surface area contributed by atoms with Gasteiger partial charge >= 0.3 is 0 Å². The van der Waals surface area contributed by atoms with E-state index in [0.717, 1.165) is 25.1 Å². The summed E-state index contributed by atoms with van der Waals surface area (Å²) < 4.78 is 0. The van der Waals surface area contributed by atoms with Gasteiger partial charge in [0, 0.05) is 36.7 Å². The number of hydrogen-bond donors (Lipinski definition) is 3. The molecule has 3 aliphatic heterocycles. The zero-order valence-electron chi connectivity index (χ0n) is 17.3. The number of carbonyl (C=O) groups excluding carboxylic acids is 3. The van der Waals surface area contributed by atoms with Gasteiger partial charge in [-0.25, -0.2) is 0 Å². The summed E-state index contributed by atoms with van der Waals surface area (Å²) in [5.74, 6) is -0.730. The maximum absolute atomic E-state index is 12.8. The third-order valence-electron chi connectivity index (χ3n) is 7.46. The van der Waals surface area contributed by atoms with Gasteiger partial charge in [-0.05, 0) is 49.4 Å². The standard InChI is InChI=1S/C23H30N4O3/c28-20-7-6-18(21(29)26-20)27-14-16-12-15(4-5-17(16)22(27)30)13-24-19-8-11-25-23(19)9-2-1-3-10-23/h4-5,12,18-19,24-25H,1-3,6-11,13-14H2,(H,26,28,29). The first-order chi connectivity index (χ1) is 14.6. The van der Waals surface area contributed by atoms with Gasteiger partial charge in [0.1, 0.15) is 6.04 Å². The first-order valence-electron chi connectivity index (χ1n) is 11.3. The van der Waals surface area contributed by atoms with Crippen molar-refractivity contribution in [2.75, 3.05) is 6.54 Å². The third-order valence-corrected chi connectivity index (χ3v) is 7.46. The minimum Gasteiger partial charge on any atom is -0.322 e. The Kier molecular flexibility index (Phi) is 5.11. The Balaban J connectivity index is 1.26. The minimum absolute atomic E-state index is 0.111. The molecule has 0 bridgehead atoms. The number of benzene rings is 1. The molecule has 2 atom stereocenters. The third kappa shape index (κ3) is 3.44. The van der Waals surface area contributed by atoms with Gasteiger partial charge in [0.2, 0.25) is 11.8 Å². The van der Waals surface area contributed by atoms with Crippen LogP contribution in [0, 0.1) is 0 Å². The van der Waals surface area contributed by atoms with E-state index in [9.17, 15) is 14.4 Å². The number of amides is 3. The van der Waals surface area contributed by atoms with Crippen LogP contribution in [-0.4, -0.2) is 46.8 Å². The minimum atomic E-state index is -0.556. The number of piperidine rings is 1. The van der Waals surface area contributed by atoms with Crippen LogP contribution in [0.5, 0.6) is 0 Å². The Hall–Kier alpha value is -2.25. The Morgan fingerprint density at radius 3 is 2.73 bits per heavy atom. The van der Waals surface area contributed by atoms with E-state index in [1.54, 1.807) is 4.90 Å². The highest BCUT2D eigenvalue weighted by Crippen LogP contribution is 2.35. The van der Waals surface area contributed by atoms with Gasteiger partial charge in [0.25, 0.3) is 5.91 Å². The van der Waals surface area contributed by atoms with Crippen LogP contribution in [0.2, 0.25) is 0 Å². The molecule has 7 nitrogen and oxygen atoms in total. The molecule has 2 saturated heterocycles. The maximum Gasteiger partial charge on any atom is 0.255 e. The van der Waals surface area contributed by atoms with Crippen molar-refractivity contribution < 1.29 is 14.4 Å². The topological polar surface area (TPSA) is 90.5 Å². The van der Waals surface area contributed by atoms with Crippen molar-refractivity contribution in [3.05, 3.63) is 34.9 Å². The van der Waals surface area contributed by atoms with Gasteiger partial charge in [-0.15, -0.1) is 0 Å². The van der Waals surface area contributed by atoms with Crippen molar-refractivity contribution in [3.63, 3.8) is 0 Å². The number of nitrogens with one attached hydrogen (secondary N) is 3. The van der Waals surface area contributed by atoms with Gasteiger partial charge in [-0.2, -0.15) is 0 Å². The average molecular weight is 411 g/mol. The first-order valence-corrected chi connectivity index (χ1v) is 11.3. The molecule has 0 aromatic heterocycles. The van der Waals surface area contributed by atoms with Gasteiger partial charge < -0.3 is 15.5 Å². The average Bonchev–Trinajstić information content (AvgIpc) is 3.27. The summed E-state index contributed by atoms with van der Waals surface area (Å²) in [6.07, 6.45) is 8.31. The van der Waals surface area contributed by atoms with Crippen LogP contribution in [0.1, 0.15) is 72.9 Å². The molecule has 3 amide bonds. The van der Waals surface area contributed by atoms with Crippen molar-refractivity contribution in [1.29, 1.82) is 0 Å². The molecule has 0 radical (unpaired) electrons. The van der Waals surface area contributed by atoms with Crippen molar-refractivity contribution in [1.82, 2.24) is 20.9 Å². The lowest BCUT2D eigenvalue weighted by Gasteiger charge is -2.39. The van der Waals surface area contributed by atoms with Crippen LogP contribution in [0.25, 0.3) is 0 Å². The van der Waals surface area contributed by atoms with E-state index >= 15 is 0 Å². The molecule has 160 valence electrons. The van der Waals surface area contributed by atoms with Gasteiger partial charge in [-0.3, -0.25) is 19.7 Å². The summed E-state index contributed by atoms with van der Waals surface area (Å²) in [7, 11) is 0. The Morgan fingerprint density at radius 1 is 1.10 bits per heavy atom. The van der Waals surface area contributed by atoms with E-state index in [1.807, 2.05) is 12.1 Å². The summed E-state index contributed by atoms with van der Waals surface area (Å²) in [5, 5.41) is 9.92. The van der Waals surface area contributed by atoms with E-state index in [1.165, 1.54) is 37.7 Å². The largest absolute Gasteiger partial charge is 0.322 e. The fraction of sp³-hybridized carbons (Fsp3) is 0.609. The molecule has 7 heteroatoms. The van der Waals surface area contributed by atoms with Crippen LogP contribution < -0.4 is 16.0 Å². The van der Waals surface area contributed by atoms with Crippen molar-refractivity contribution in [2.24, 2.45) is 0 Å². The smallest absolute Gasteiger partial charge is 0.255 e. The molecule has 1 spiro atoms. The first kappa shape index (κ1) is 19.7. The highest BCUT2D eigenvalue weighted by Gasteiger charge is 2.43. The fourth-order valence-electron chi connectivity index (χ4n) is 5.85. The molecule has 1 aliphatic carbocycles. The van der Waals surface area contributed by atoms with Gasteiger partial charge in [0.15, 0.2) is 0 Å². The predicted molar refractivity (Wildman–Crippen MR) is 112 cm³/mol. The quantitative estimate of drug-likeness (QED) is 0.656. The van der Waals surface area contributed by atoms with E-state index in [4.69, 9.17) is 0 Å². The Morgan fingerprint density at radius 2 is 1.93 bits per heavy atom. The lowest BCUT2D eigenvalue weighted by atomic mass is 9.77. The molecule has 2 unspecified atom stereocenters. The second-order valence-electron chi connectivity index (χ2n) is 9.26. The molecule has 1 saturated carbocycles. The highest BCUT2D eigenvalue weighted by molar-refractivity contribution is 6.05. The van der Waals surface area contributed by atoms with Crippen LogP contribution in [0.15, 0.2) is 18.2 Å². The molecule has 30 heavy (non-hydrogen) atoms. The molecule has 3 heterocycles. The maximum atomic E-state index is 12.8. The molecule has 5 rings (SSSR count).